The summed E-state index contributed by atoms with van der Waals surface area (Å²) in [6, 6.07) is 5.96. The summed E-state index contributed by atoms with van der Waals surface area (Å²) in [5.74, 6) is 0. The van der Waals surface area contributed by atoms with Crippen LogP contribution in [0.4, 0.5) is 8.78 Å². The van der Waals surface area contributed by atoms with E-state index < -0.39 is 12.5 Å². The van der Waals surface area contributed by atoms with Crippen LogP contribution in [0.25, 0.3) is 6.08 Å². The number of benzene rings is 1. The van der Waals surface area contributed by atoms with Crippen LogP contribution >= 0.6 is 0 Å². The third-order valence-corrected chi connectivity index (χ3v) is 1.76. The van der Waals surface area contributed by atoms with E-state index in [0.717, 1.165) is 5.56 Å². The van der Waals surface area contributed by atoms with Crippen molar-refractivity contribution in [3.63, 3.8) is 0 Å². The Morgan fingerprint density at radius 3 is 2.21 bits per heavy atom. The van der Waals surface area contributed by atoms with Crippen LogP contribution in [0.1, 0.15) is 24.5 Å². The van der Waals surface area contributed by atoms with Crippen molar-refractivity contribution < 1.29 is 13.9 Å². The Labute approximate surface area is 81.7 Å². The van der Waals surface area contributed by atoms with Crippen LogP contribution in [0, 0.1) is 0 Å². The van der Waals surface area contributed by atoms with Crippen molar-refractivity contribution in [2.45, 2.75) is 19.5 Å². The first-order valence-electron chi connectivity index (χ1n) is 4.34. The van der Waals surface area contributed by atoms with Gasteiger partial charge in [0, 0.05) is 5.56 Å². The van der Waals surface area contributed by atoms with Crippen molar-refractivity contribution in [2.24, 2.45) is 0 Å². The van der Waals surface area contributed by atoms with Crippen LogP contribution < -0.4 is 0 Å². The van der Waals surface area contributed by atoms with Gasteiger partial charge in [0.2, 0.25) is 0 Å². The molecule has 3 heteroatoms. The van der Waals surface area contributed by atoms with Crippen molar-refractivity contribution >= 4 is 6.08 Å². The second kappa shape index (κ2) is 4.86. The SMILES string of the molecule is CC(O)/C=C/c1ccc(C(F)F)cc1. The summed E-state index contributed by atoms with van der Waals surface area (Å²) in [6.45, 7) is 1.63. The summed E-state index contributed by atoms with van der Waals surface area (Å²) in [7, 11) is 0. The normalized spacial score (nSPS) is 13.8. The van der Waals surface area contributed by atoms with Crippen molar-refractivity contribution in [2.75, 3.05) is 0 Å². The average molecular weight is 198 g/mol. The smallest absolute Gasteiger partial charge is 0.263 e. The molecular formula is C11H12F2O. The monoisotopic (exact) mass is 198 g/mol. The van der Waals surface area contributed by atoms with Crippen LogP contribution in [-0.2, 0) is 0 Å². The first-order chi connectivity index (χ1) is 6.59. The van der Waals surface area contributed by atoms with Gasteiger partial charge in [0.25, 0.3) is 6.43 Å². The van der Waals surface area contributed by atoms with Gasteiger partial charge in [0.15, 0.2) is 0 Å². The van der Waals surface area contributed by atoms with Crippen molar-refractivity contribution in [3.05, 3.63) is 41.5 Å². The largest absolute Gasteiger partial charge is 0.389 e. The highest BCUT2D eigenvalue weighted by Gasteiger charge is 2.04. The fourth-order valence-electron chi connectivity index (χ4n) is 1.00. The number of aliphatic hydroxyl groups excluding tert-OH is 1. The molecule has 0 heterocycles. The van der Waals surface area contributed by atoms with Gasteiger partial charge in [0.05, 0.1) is 6.10 Å². The Hall–Kier alpha value is -1.22. The molecule has 1 rings (SSSR count). The van der Waals surface area contributed by atoms with Gasteiger partial charge in [-0.25, -0.2) is 8.78 Å². The Balaban J connectivity index is 2.73. The fourth-order valence-corrected chi connectivity index (χ4v) is 1.00. The van der Waals surface area contributed by atoms with Crippen LogP contribution in [-0.4, -0.2) is 11.2 Å². The van der Waals surface area contributed by atoms with E-state index in [1.165, 1.54) is 12.1 Å². The van der Waals surface area contributed by atoms with E-state index in [2.05, 4.69) is 0 Å². The molecule has 0 aliphatic carbocycles. The molecule has 76 valence electrons. The van der Waals surface area contributed by atoms with E-state index >= 15 is 0 Å². The van der Waals surface area contributed by atoms with E-state index in [9.17, 15) is 8.78 Å². The molecule has 1 atom stereocenters. The number of alkyl halides is 2. The van der Waals surface area contributed by atoms with Crippen LogP contribution in [0.2, 0.25) is 0 Å². The molecule has 0 spiro atoms. The standard InChI is InChI=1S/C11H12F2O/c1-8(14)2-3-9-4-6-10(7-5-9)11(12)13/h2-8,11,14H,1H3/b3-2+. The molecule has 0 aromatic heterocycles. The van der Waals surface area contributed by atoms with Crippen molar-refractivity contribution in [3.8, 4) is 0 Å². The van der Waals surface area contributed by atoms with Crippen LogP contribution in [0.5, 0.6) is 0 Å². The first-order valence-corrected chi connectivity index (χ1v) is 4.34. The van der Waals surface area contributed by atoms with E-state index in [1.807, 2.05) is 0 Å². The Morgan fingerprint density at radius 1 is 1.21 bits per heavy atom. The molecule has 0 aliphatic rings. The molecule has 1 unspecified atom stereocenters. The fraction of sp³-hybridized carbons (Fsp3) is 0.273. The zero-order valence-corrected chi connectivity index (χ0v) is 7.82. The second-order valence-electron chi connectivity index (χ2n) is 3.07. The number of halogens is 2. The van der Waals surface area contributed by atoms with Gasteiger partial charge in [-0.1, -0.05) is 36.4 Å². The lowest BCUT2D eigenvalue weighted by molar-refractivity contribution is 0.151. The molecular weight excluding hydrogens is 186 g/mol. The molecule has 0 saturated carbocycles. The van der Waals surface area contributed by atoms with Gasteiger partial charge in [-0.3, -0.25) is 0 Å². The summed E-state index contributed by atoms with van der Waals surface area (Å²) in [5.41, 5.74) is 0.814. The Morgan fingerprint density at radius 2 is 1.79 bits per heavy atom. The molecule has 0 fully saturated rings. The minimum Gasteiger partial charge on any atom is -0.389 e. The van der Waals surface area contributed by atoms with Gasteiger partial charge in [-0.2, -0.15) is 0 Å². The lowest BCUT2D eigenvalue weighted by Crippen LogP contribution is -1.91. The Kier molecular flexibility index (Phi) is 3.77. The maximum Gasteiger partial charge on any atom is 0.263 e. The van der Waals surface area contributed by atoms with E-state index in [-0.39, 0.29) is 5.56 Å². The molecule has 0 bridgehead atoms. The van der Waals surface area contributed by atoms with E-state index in [1.54, 1.807) is 31.2 Å². The number of aliphatic hydroxyl groups is 1. The molecule has 0 aliphatic heterocycles. The molecule has 0 radical (unpaired) electrons. The zero-order valence-electron chi connectivity index (χ0n) is 7.82. The first kappa shape index (κ1) is 10.9. The maximum atomic E-state index is 12.2. The minimum atomic E-state index is -2.43. The predicted molar refractivity (Wildman–Crippen MR) is 52.1 cm³/mol. The maximum absolute atomic E-state index is 12.2. The van der Waals surface area contributed by atoms with Crippen LogP contribution in [0.3, 0.4) is 0 Å². The molecule has 1 aromatic rings. The molecule has 0 amide bonds. The summed E-state index contributed by atoms with van der Waals surface area (Å²) in [6.07, 6.45) is 0.340. The minimum absolute atomic E-state index is 0.0131. The zero-order chi connectivity index (χ0) is 10.6. The van der Waals surface area contributed by atoms with Gasteiger partial charge >= 0.3 is 0 Å². The lowest BCUT2D eigenvalue weighted by Gasteiger charge is -1.99. The average Bonchev–Trinajstić information content (AvgIpc) is 2.15. The third kappa shape index (κ3) is 3.26. The summed E-state index contributed by atoms with van der Waals surface area (Å²) < 4.78 is 24.3. The van der Waals surface area contributed by atoms with Crippen molar-refractivity contribution in [1.82, 2.24) is 0 Å². The van der Waals surface area contributed by atoms with Gasteiger partial charge in [-0.05, 0) is 12.5 Å². The highest BCUT2D eigenvalue weighted by atomic mass is 19.3. The Bertz CT molecular complexity index is 302. The highest BCUT2D eigenvalue weighted by Crippen LogP contribution is 2.19. The highest BCUT2D eigenvalue weighted by molar-refractivity contribution is 5.50. The van der Waals surface area contributed by atoms with E-state index in [0.29, 0.717) is 0 Å². The van der Waals surface area contributed by atoms with Crippen molar-refractivity contribution in [1.29, 1.82) is 0 Å². The summed E-state index contributed by atoms with van der Waals surface area (Å²) >= 11 is 0. The lowest BCUT2D eigenvalue weighted by atomic mass is 10.1. The molecule has 1 nitrogen and oxygen atoms in total. The quantitative estimate of drug-likeness (QED) is 0.791. The van der Waals surface area contributed by atoms with Gasteiger partial charge < -0.3 is 5.11 Å². The number of hydrogen-bond acceptors (Lipinski definition) is 1. The van der Waals surface area contributed by atoms with E-state index in [4.69, 9.17) is 5.11 Å². The third-order valence-electron chi connectivity index (χ3n) is 1.76. The second-order valence-corrected chi connectivity index (χ2v) is 3.07. The number of hydrogen-bond donors (Lipinski definition) is 1. The molecule has 14 heavy (non-hydrogen) atoms. The topological polar surface area (TPSA) is 20.2 Å². The predicted octanol–water partition coefficient (Wildman–Crippen LogP) is 3.02. The molecule has 1 N–H and O–H groups in total. The van der Waals surface area contributed by atoms with Gasteiger partial charge in [0.1, 0.15) is 0 Å². The number of rotatable bonds is 3. The van der Waals surface area contributed by atoms with Gasteiger partial charge in [-0.15, -0.1) is 0 Å². The molecule has 0 saturated heterocycles. The van der Waals surface area contributed by atoms with Crippen LogP contribution in [0.15, 0.2) is 30.3 Å². The summed E-state index contributed by atoms with van der Waals surface area (Å²) in [4.78, 5) is 0. The summed E-state index contributed by atoms with van der Waals surface area (Å²) in [5, 5.41) is 8.95. The molecule has 1 aromatic carbocycles.